The molecule has 0 spiro atoms. The van der Waals surface area contributed by atoms with Crippen LogP contribution in [-0.4, -0.2) is 5.91 Å². The largest absolute Gasteiger partial charge is 0.457 e. The van der Waals surface area contributed by atoms with Crippen molar-refractivity contribution in [2.24, 2.45) is 0 Å². The molecule has 5 rings (SSSR count). The fourth-order valence-corrected chi connectivity index (χ4v) is 4.19. The first-order valence-electron chi connectivity index (χ1n) is 10.9. The van der Waals surface area contributed by atoms with Gasteiger partial charge in [-0.25, -0.2) is 0 Å². The van der Waals surface area contributed by atoms with E-state index >= 15 is 0 Å². The van der Waals surface area contributed by atoms with E-state index in [0.29, 0.717) is 11.3 Å². The summed E-state index contributed by atoms with van der Waals surface area (Å²) in [5.74, 6) is 1.34. The molecule has 0 N–H and O–H groups in total. The Morgan fingerprint density at radius 2 is 1.58 bits per heavy atom. The van der Waals surface area contributed by atoms with Crippen LogP contribution in [0, 0.1) is 0 Å². The molecular weight excluding hydrogens is 474 g/mol. The van der Waals surface area contributed by atoms with Crippen molar-refractivity contribution in [2.75, 3.05) is 4.90 Å². The highest BCUT2D eigenvalue weighted by molar-refractivity contribution is 9.10. The van der Waals surface area contributed by atoms with Crippen molar-refractivity contribution in [1.82, 2.24) is 0 Å². The van der Waals surface area contributed by atoms with E-state index in [1.54, 1.807) is 4.90 Å². The lowest BCUT2D eigenvalue weighted by Crippen LogP contribution is -2.24. The second-order valence-electron chi connectivity index (χ2n) is 7.86. The quantitative estimate of drug-likeness (QED) is 0.265. The molecule has 4 heteroatoms. The molecule has 1 aromatic heterocycles. The van der Waals surface area contributed by atoms with Crippen LogP contribution in [0.25, 0.3) is 23.1 Å². The third kappa shape index (κ3) is 4.35. The van der Waals surface area contributed by atoms with Gasteiger partial charge in [0.1, 0.15) is 11.5 Å². The third-order valence-electron chi connectivity index (χ3n) is 5.71. The minimum atomic E-state index is -0.0697. The smallest absolute Gasteiger partial charge is 0.263 e. The van der Waals surface area contributed by atoms with Crippen molar-refractivity contribution in [3.8, 4) is 11.3 Å². The summed E-state index contributed by atoms with van der Waals surface area (Å²) >= 11 is 3.46. The predicted octanol–water partition coefficient (Wildman–Crippen LogP) is 7.74. The second-order valence-corrected chi connectivity index (χ2v) is 8.78. The molecule has 2 heterocycles. The number of amides is 1. The number of nitrogens with zero attached hydrogens (tertiary/aromatic N) is 1. The van der Waals surface area contributed by atoms with Gasteiger partial charge in [-0.05, 0) is 66.1 Å². The van der Waals surface area contributed by atoms with Crippen molar-refractivity contribution in [3.63, 3.8) is 0 Å². The highest BCUT2D eigenvalue weighted by Crippen LogP contribution is 2.36. The predicted molar refractivity (Wildman–Crippen MR) is 138 cm³/mol. The lowest BCUT2D eigenvalue weighted by Gasteiger charge is -2.21. The highest BCUT2D eigenvalue weighted by atomic mass is 79.9. The van der Waals surface area contributed by atoms with Gasteiger partial charge >= 0.3 is 0 Å². The molecule has 0 radical (unpaired) electrons. The lowest BCUT2D eigenvalue weighted by molar-refractivity contribution is -0.113. The van der Waals surface area contributed by atoms with Crippen molar-refractivity contribution in [1.29, 1.82) is 0 Å². The lowest BCUT2D eigenvalue weighted by atomic mass is 10.1. The van der Waals surface area contributed by atoms with Gasteiger partial charge in [0.2, 0.25) is 0 Å². The number of rotatable bonds is 5. The Bertz CT molecular complexity index is 1350. The molecule has 0 saturated carbocycles. The minimum Gasteiger partial charge on any atom is -0.457 e. The van der Waals surface area contributed by atoms with Crippen LogP contribution in [0.2, 0.25) is 0 Å². The summed E-state index contributed by atoms with van der Waals surface area (Å²) in [5.41, 5.74) is 5.51. The summed E-state index contributed by atoms with van der Waals surface area (Å²) in [6.07, 6.45) is 4.71. The third-order valence-corrected chi connectivity index (χ3v) is 6.24. The van der Waals surface area contributed by atoms with E-state index in [4.69, 9.17) is 4.42 Å². The monoisotopic (exact) mass is 495 g/mol. The molecule has 0 aliphatic carbocycles. The Morgan fingerprint density at radius 3 is 2.27 bits per heavy atom. The summed E-state index contributed by atoms with van der Waals surface area (Å²) < 4.78 is 7.06. The normalized spacial score (nSPS) is 14.7. The first-order chi connectivity index (χ1) is 16.1. The molecule has 162 valence electrons. The average Bonchev–Trinajstić information content (AvgIpc) is 3.45. The topological polar surface area (TPSA) is 33.5 Å². The first-order valence-corrected chi connectivity index (χ1v) is 11.7. The number of carbonyl (C=O) groups is 1. The fraction of sp³-hybridized carbons (Fsp3) is 0.0690. The van der Waals surface area contributed by atoms with Crippen LogP contribution in [-0.2, 0) is 11.2 Å². The van der Waals surface area contributed by atoms with Crippen LogP contribution in [0.15, 0.2) is 112 Å². The van der Waals surface area contributed by atoms with E-state index in [2.05, 4.69) is 35.0 Å². The second kappa shape index (κ2) is 9.08. The van der Waals surface area contributed by atoms with Crippen molar-refractivity contribution in [2.45, 2.75) is 13.3 Å². The number of carbonyl (C=O) groups excluding carboxylic acids is 1. The molecule has 3 nitrogen and oxygen atoms in total. The molecule has 3 aromatic carbocycles. The molecule has 4 aromatic rings. The Labute approximate surface area is 201 Å². The Morgan fingerprint density at radius 1 is 0.848 bits per heavy atom. The number of anilines is 1. The fourth-order valence-electron chi connectivity index (χ4n) is 3.93. The maximum absolute atomic E-state index is 13.5. The van der Waals surface area contributed by atoms with Gasteiger partial charge < -0.3 is 4.42 Å². The number of benzene rings is 3. The van der Waals surface area contributed by atoms with E-state index in [-0.39, 0.29) is 5.91 Å². The number of halogens is 1. The molecule has 0 atom stereocenters. The average molecular weight is 496 g/mol. The van der Waals surface area contributed by atoms with Gasteiger partial charge in [0.15, 0.2) is 0 Å². The van der Waals surface area contributed by atoms with Gasteiger partial charge in [-0.15, -0.1) is 0 Å². The van der Waals surface area contributed by atoms with Gasteiger partial charge in [-0.3, -0.25) is 9.69 Å². The molecule has 0 bridgehead atoms. The zero-order valence-corrected chi connectivity index (χ0v) is 19.7. The first kappa shape index (κ1) is 21.2. The molecule has 0 unspecified atom stereocenters. The number of hydrogen-bond donors (Lipinski definition) is 0. The summed E-state index contributed by atoms with van der Waals surface area (Å²) in [4.78, 5) is 15.3. The molecular formula is C29H22BrNO2. The minimum absolute atomic E-state index is 0.0697. The van der Waals surface area contributed by atoms with E-state index in [0.717, 1.165) is 39.2 Å². The van der Waals surface area contributed by atoms with E-state index in [1.165, 1.54) is 5.56 Å². The van der Waals surface area contributed by atoms with Gasteiger partial charge in [0, 0.05) is 21.3 Å². The SMILES string of the molecule is CCc1ccc(N2C(=O)/C(=C/c3ccc(-c4ccc(Br)cc4)o3)C=C2c2ccccc2)cc1. The van der Waals surface area contributed by atoms with Crippen molar-refractivity contribution >= 4 is 39.3 Å². The maximum atomic E-state index is 13.5. The molecule has 33 heavy (non-hydrogen) atoms. The van der Waals surface area contributed by atoms with Crippen LogP contribution in [0.5, 0.6) is 0 Å². The van der Waals surface area contributed by atoms with Gasteiger partial charge in [-0.1, -0.05) is 77.5 Å². The van der Waals surface area contributed by atoms with Gasteiger partial charge in [0.25, 0.3) is 5.91 Å². The summed E-state index contributed by atoms with van der Waals surface area (Å²) in [5, 5.41) is 0. The Balaban J connectivity index is 1.52. The molecule has 1 aliphatic rings. The van der Waals surface area contributed by atoms with Crippen molar-refractivity contribution in [3.05, 3.63) is 124 Å². The zero-order valence-electron chi connectivity index (χ0n) is 18.2. The van der Waals surface area contributed by atoms with Gasteiger partial charge in [0.05, 0.1) is 5.70 Å². The van der Waals surface area contributed by atoms with Crippen LogP contribution < -0.4 is 4.90 Å². The number of furan rings is 1. The molecule has 1 aliphatic heterocycles. The van der Waals surface area contributed by atoms with Crippen LogP contribution in [0.3, 0.4) is 0 Å². The van der Waals surface area contributed by atoms with E-state index in [1.807, 2.05) is 91.0 Å². The van der Waals surface area contributed by atoms with Crippen LogP contribution in [0.1, 0.15) is 23.8 Å². The molecule has 0 fully saturated rings. The standard InChI is InChI=1S/C29H22BrNO2/c1-2-20-8-14-25(15-9-20)31-27(21-6-4-3-5-7-21)19-23(29(31)32)18-26-16-17-28(33-26)22-10-12-24(30)13-11-22/h3-19H,2H2,1H3/b23-18+. The highest BCUT2D eigenvalue weighted by Gasteiger charge is 2.30. The van der Waals surface area contributed by atoms with Crippen LogP contribution in [0.4, 0.5) is 5.69 Å². The Kier molecular flexibility index (Phi) is 5.84. The number of hydrogen-bond acceptors (Lipinski definition) is 2. The molecule has 1 amide bonds. The van der Waals surface area contributed by atoms with E-state index < -0.39 is 0 Å². The van der Waals surface area contributed by atoms with Crippen LogP contribution >= 0.6 is 15.9 Å². The zero-order chi connectivity index (χ0) is 22.8. The maximum Gasteiger partial charge on any atom is 0.263 e. The van der Waals surface area contributed by atoms with Gasteiger partial charge in [-0.2, -0.15) is 0 Å². The van der Waals surface area contributed by atoms with Crippen molar-refractivity contribution < 1.29 is 9.21 Å². The number of aryl methyl sites for hydroxylation is 1. The Hall–Kier alpha value is -3.63. The van der Waals surface area contributed by atoms with E-state index in [9.17, 15) is 4.79 Å². The summed E-state index contributed by atoms with van der Waals surface area (Å²) in [7, 11) is 0. The summed E-state index contributed by atoms with van der Waals surface area (Å²) in [6, 6.07) is 29.9. The molecule has 0 saturated heterocycles. The summed E-state index contributed by atoms with van der Waals surface area (Å²) in [6.45, 7) is 2.12.